The Morgan fingerprint density at radius 3 is 2.06 bits per heavy atom. The van der Waals surface area contributed by atoms with Crippen LogP contribution in [0.25, 0.3) is 22.3 Å². The Morgan fingerprint density at radius 1 is 0.857 bits per heavy atom. The number of nitrogens with one attached hydrogen (secondary N) is 1. The van der Waals surface area contributed by atoms with Crippen LogP contribution in [0, 0.1) is 0 Å². The lowest BCUT2D eigenvalue weighted by atomic mass is 9.98. The number of benzene rings is 3. The number of aromatic nitrogens is 2. The molecule has 2 N–H and O–H groups in total. The Balaban J connectivity index is 1.23. The number of carboxylic acid groups (broad SMARTS) is 1. The largest absolute Gasteiger partial charge is 0.480 e. The third-order valence-corrected chi connectivity index (χ3v) is 6.22. The molecule has 1 aliphatic carbocycles. The van der Waals surface area contributed by atoms with Gasteiger partial charge in [0.1, 0.15) is 19.0 Å². The van der Waals surface area contributed by atoms with Crippen LogP contribution in [0.15, 0.2) is 91.5 Å². The second kappa shape index (κ2) is 9.77. The molecule has 1 atom stereocenters. The van der Waals surface area contributed by atoms with Crippen LogP contribution >= 0.6 is 0 Å². The molecular formula is C28H23N3O4. The van der Waals surface area contributed by atoms with Crippen molar-refractivity contribution in [2.24, 2.45) is 0 Å². The maximum Gasteiger partial charge on any atom is 0.407 e. The lowest BCUT2D eigenvalue weighted by molar-refractivity contribution is -0.139. The van der Waals surface area contributed by atoms with Gasteiger partial charge < -0.3 is 15.2 Å². The fourth-order valence-electron chi connectivity index (χ4n) is 4.50. The fourth-order valence-corrected chi connectivity index (χ4v) is 4.50. The number of hydrogen-bond donors (Lipinski definition) is 2. The molecule has 0 fully saturated rings. The lowest BCUT2D eigenvalue weighted by Crippen LogP contribution is -2.42. The van der Waals surface area contributed by atoms with E-state index in [4.69, 9.17) is 4.74 Å². The average molecular weight is 466 g/mol. The monoisotopic (exact) mass is 465 g/mol. The van der Waals surface area contributed by atoms with E-state index >= 15 is 0 Å². The second-order valence-electron chi connectivity index (χ2n) is 8.39. The predicted octanol–water partition coefficient (Wildman–Crippen LogP) is 4.68. The fraction of sp³-hybridized carbons (Fsp3) is 0.143. The van der Waals surface area contributed by atoms with Gasteiger partial charge in [-0.2, -0.15) is 0 Å². The number of ether oxygens (including phenoxy) is 1. The van der Waals surface area contributed by atoms with Gasteiger partial charge in [-0.25, -0.2) is 19.6 Å². The molecule has 3 aromatic carbocycles. The van der Waals surface area contributed by atoms with Gasteiger partial charge in [-0.05, 0) is 33.4 Å². The first-order chi connectivity index (χ1) is 17.1. The van der Waals surface area contributed by atoms with Crippen molar-refractivity contribution in [3.8, 4) is 22.3 Å². The zero-order chi connectivity index (χ0) is 24.2. The molecule has 1 heterocycles. The third kappa shape index (κ3) is 4.75. The van der Waals surface area contributed by atoms with Crippen LogP contribution in [-0.2, 0) is 16.0 Å². The molecule has 1 aliphatic rings. The number of hydrogen-bond acceptors (Lipinski definition) is 5. The molecule has 0 radical (unpaired) electrons. The Hall–Kier alpha value is -4.52. The Morgan fingerprint density at radius 2 is 1.46 bits per heavy atom. The highest BCUT2D eigenvalue weighted by Gasteiger charge is 2.29. The van der Waals surface area contributed by atoms with Crippen LogP contribution < -0.4 is 5.32 Å². The molecule has 1 unspecified atom stereocenters. The quantitative estimate of drug-likeness (QED) is 0.411. The van der Waals surface area contributed by atoms with E-state index in [1.807, 2.05) is 60.7 Å². The van der Waals surface area contributed by atoms with Gasteiger partial charge in [0.2, 0.25) is 0 Å². The number of rotatable bonds is 7. The molecule has 5 rings (SSSR count). The highest BCUT2D eigenvalue weighted by molar-refractivity contribution is 5.81. The zero-order valence-electron chi connectivity index (χ0n) is 18.8. The molecule has 0 bridgehead atoms. The summed E-state index contributed by atoms with van der Waals surface area (Å²) in [6, 6.07) is 22.4. The van der Waals surface area contributed by atoms with E-state index in [0.29, 0.717) is 0 Å². The minimum atomic E-state index is -1.13. The Bertz CT molecular complexity index is 1310. The van der Waals surface area contributed by atoms with E-state index in [1.165, 1.54) is 6.33 Å². The highest BCUT2D eigenvalue weighted by atomic mass is 16.5. The summed E-state index contributed by atoms with van der Waals surface area (Å²) in [6.07, 6.45) is 4.26. The molecule has 0 saturated heterocycles. The standard InChI is InChI=1S/C28H23N3O4/c32-27(33)26(13-18-9-11-19(12-10-18)20-14-29-17-30-15-20)31-28(34)35-16-25-23-7-3-1-5-21(23)22-6-2-4-8-24(22)25/h1-12,14-15,17,25-26H,13,16H2,(H,31,34)(H,32,33). The Labute approximate surface area is 202 Å². The van der Waals surface area contributed by atoms with Crippen molar-refractivity contribution < 1.29 is 19.4 Å². The summed E-state index contributed by atoms with van der Waals surface area (Å²) in [7, 11) is 0. The number of alkyl carbamates (subject to hydrolysis) is 1. The van der Waals surface area contributed by atoms with Crippen LogP contribution in [0.4, 0.5) is 4.79 Å². The molecule has 0 saturated carbocycles. The average Bonchev–Trinajstić information content (AvgIpc) is 3.21. The molecule has 35 heavy (non-hydrogen) atoms. The molecule has 0 spiro atoms. The van der Waals surface area contributed by atoms with Gasteiger partial charge in [0, 0.05) is 30.3 Å². The second-order valence-corrected chi connectivity index (χ2v) is 8.39. The molecule has 174 valence electrons. The summed E-state index contributed by atoms with van der Waals surface area (Å²) < 4.78 is 5.51. The Kier molecular flexibility index (Phi) is 6.22. The van der Waals surface area contributed by atoms with E-state index in [0.717, 1.165) is 38.9 Å². The molecule has 0 aliphatic heterocycles. The lowest BCUT2D eigenvalue weighted by Gasteiger charge is -2.17. The molecule has 7 nitrogen and oxygen atoms in total. The third-order valence-electron chi connectivity index (χ3n) is 6.22. The van der Waals surface area contributed by atoms with Crippen LogP contribution in [0.3, 0.4) is 0 Å². The van der Waals surface area contributed by atoms with Gasteiger partial charge in [-0.1, -0.05) is 72.8 Å². The van der Waals surface area contributed by atoms with Crippen molar-refractivity contribution in [3.63, 3.8) is 0 Å². The first-order valence-corrected chi connectivity index (χ1v) is 11.3. The molecule has 7 heteroatoms. The van der Waals surface area contributed by atoms with Crippen LogP contribution in [0.5, 0.6) is 0 Å². The topological polar surface area (TPSA) is 101 Å². The normalized spacial score (nSPS) is 12.9. The van der Waals surface area contributed by atoms with Gasteiger partial charge in [0.25, 0.3) is 0 Å². The number of carboxylic acids is 1. The molecular weight excluding hydrogens is 442 g/mol. The van der Waals surface area contributed by atoms with Crippen molar-refractivity contribution in [2.75, 3.05) is 6.61 Å². The molecule has 4 aromatic rings. The molecule has 1 amide bonds. The number of carbonyl (C=O) groups excluding carboxylic acids is 1. The van der Waals surface area contributed by atoms with Crippen molar-refractivity contribution >= 4 is 12.1 Å². The van der Waals surface area contributed by atoms with Crippen molar-refractivity contribution in [1.29, 1.82) is 0 Å². The maximum absolute atomic E-state index is 12.6. The van der Waals surface area contributed by atoms with Crippen molar-refractivity contribution in [3.05, 3.63) is 108 Å². The number of aliphatic carboxylic acids is 1. The number of nitrogens with zero attached hydrogens (tertiary/aromatic N) is 2. The first kappa shape index (κ1) is 22.3. The summed E-state index contributed by atoms with van der Waals surface area (Å²) in [5.74, 6) is -1.22. The van der Waals surface area contributed by atoms with E-state index < -0.39 is 18.1 Å². The van der Waals surface area contributed by atoms with Gasteiger partial charge in [0.05, 0.1) is 0 Å². The predicted molar refractivity (Wildman–Crippen MR) is 131 cm³/mol. The number of amides is 1. The van der Waals surface area contributed by atoms with Crippen LogP contribution in [0.2, 0.25) is 0 Å². The van der Waals surface area contributed by atoms with Gasteiger partial charge >= 0.3 is 12.1 Å². The molecule has 1 aromatic heterocycles. The highest BCUT2D eigenvalue weighted by Crippen LogP contribution is 2.44. The zero-order valence-corrected chi connectivity index (χ0v) is 18.8. The van der Waals surface area contributed by atoms with Gasteiger partial charge in [0.15, 0.2) is 0 Å². The van der Waals surface area contributed by atoms with Crippen molar-refractivity contribution in [1.82, 2.24) is 15.3 Å². The van der Waals surface area contributed by atoms with E-state index in [-0.39, 0.29) is 18.9 Å². The summed E-state index contributed by atoms with van der Waals surface area (Å²) in [5.41, 5.74) is 7.02. The van der Waals surface area contributed by atoms with E-state index in [1.54, 1.807) is 12.4 Å². The minimum Gasteiger partial charge on any atom is -0.480 e. The van der Waals surface area contributed by atoms with E-state index in [9.17, 15) is 14.7 Å². The van der Waals surface area contributed by atoms with Gasteiger partial charge in [-0.3, -0.25) is 0 Å². The summed E-state index contributed by atoms with van der Waals surface area (Å²) >= 11 is 0. The van der Waals surface area contributed by atoms with E-state index in [2.05, 4.69) is 27.4 Å². The van der Waals surface area contributed by atoms with Crippen LogP contribution in [-0.4, -0.2) is 39.8 Å². The first-order valence-electron chi connectivity index (χ1n) is 11.3. The van der Waals surface area contributed by atoms with Gasteiger partial charge in [-0.15, -0.1) is 0 Å². The minimum absolute atomic E-state index is 0.0917. The summed E-state index contributed by atoms with van der Waals surface area (Å²) in [5, 5.41) is 12.2. The maximum atomic E-state index is 12.6. The number of fused-ring (bicyclic) bond motifs is 3. The summed E-state index contributed by atoms with van der Waals surface area (Å²) in [4.78, 5) is 32.4. The SMILES string of the molecule is O=C(NC(Cc1ccc(-c2cncnc2)cc1)C(=O)O)OCC1c2ccccc2-c2ccccc21. The van der Waals surface area contributed by atoms with Crippen LogP contribution in [0.1, 0.15) is 22.6 Å². The van der Waals surface area contributed by atoms with Crippen molar-refractivity contribution in [2.45, 2.75) is 18.4 Å². The smallest absolute Gasteiger partial charge is 0.407 e. The summed E-state index contributed by atoms with van der Waals surface area (Å²) in [6.45, 7) is 0.125. The number of carbonyl (C=O) groups is 2.